The molecule has 0 aromatic heterocycles. The third kappa shape index (κ3) is 4.27. The van der Waals surface area contributed by atoms with Gasteiger partial charge < -0.3 is 14.8 Å². The van der Waals surface area contributed by atoms with Gasteiger partial charge in [0.1, 0.15) is 6.61 Å². The minimum atomic E-state index is -0.336. The lowest BCUT2D eigenvalue weighted by Crippen LogP contribution is -2.36. The predicted octanol–water partition coefficient (Wildman–Crippen LogP) is 5.67. The van der Waals surface area contributed by atoms with E-state index in [9.17, 15) is 9.59 Å². The lowest BCUT2D eigenvalue weighted by Gasteiger charge is -2.37. The molecule has 0 atom stereocenters. The smallest absolute Gasteiger partial charge is 0.161 e. The van der Waals surface area contributed by atoms with Crippen LogP contribution in [0.3, 0.4) is 0 Å². The normalized spacial score (nSPS) is 18.4. The molecule has 1 aliphatic heterocycles. The second-order valence-corrected chi connectivity index (χ2v) is 9.31. The van der Waals surface area contributed by atoms with Gasteiger partial charge in [-0.05, 0) is 62.8 Å². The van der Waals surface area contributed by atoms with Crippen molar-refractivity contribution < 1.29 is 19.1 Å². The quantitative estimate of drug-likeness (QED) is 0.605. The number of benzene rings is 2. The fourth-order valence-corrected chi connectivity index (χ4v) is 5.25. The third-order valence-electron chi connectivity index (χ3n) is 6.91. The molecule has 5 nitrogen and oxygen atoms in total. The van der Waals surface area contributed by atoms with Crippen LogP contribution in [-0.2, 0) is 16.2 Å². The van der Waals surface area contributed by atoms with E-state index >= 15 is 0 Å². The maximum Gasteiger partial charge on any atom is 0.161 e. The van der Waals surface area contributed by atoms with Crippen molar-refractivity contribution in [2.45, 2.75) is 64.9 Å². The minimum absolute atomic E-state index is 0.140. The fourth-order valence-electron chi connectivity index (χ4n) is 5.25. The van der Waals surface area contributed by atoms with Crippen LogP contribution in [0.5, 0.6) is 11.5 Å². The zero-order valence-electron chi connectivity index (χ0n) is 19.9. The number of hydrogen-bond acceptors (Lipinski definition) is 5. The Morgan fingerprint density at radius 2 is 1.47 bits per heavy atom. The van der Waals surface area contributed by atoms with Gasteiger partial charge in [-0.25, -0.2) is 0 Å². The highest BCUT2D eigenvalue weighted by Crippen LogP contribution is 2.46. The lowest BCUT2D eigenvalue weighted by molar-refractivity contribution is -0.116. The Balaban J connectivity index is 1.52. The van der Waals surface area contributed by atoms with Gasteiger partial charge in [-0.1, -0.05) is 35.9 Å². The number of dihydropyridines is 1. The van der Waals surface area contributed by atoms with Crippen LogP contribution in [-0.4, -0.2) is 18.2 Å². The van der Waals surface area contributed by atoms with Gasteiger partial charge in [0.15, 0.2) is 23.1 Å². The van der Waals surface area contributed by atoms with Crippen molar-refractivity contribution in [3.05, 3.63) is 81.7 Å². The number of rotatable bonds is 6. The van der Waals surface area contributed by atoms with E-state index in [0.29, 0.717) is 37.6 Å². The summed E-state index contributed by atoms with van der Waals surface area (Å²) in [5.74, 6) is 1.25. The molecule has 0 saturated carbocycles. The molecule has 2 aromatic carbocycles. The molecule has 1 N–H and O–H groups in total. The number of allylic oxidation sites excluding steroid dienone is 4. The molecule has 0 amide bonds. The number of Topliss-reactive ketones (excluding diaryl/α,β-unsaturated/α-hetero) is 2. The van der Waals surface area contributed by atoms with E-state index in [4.69, 9.17) is 9.47 Å². The molecule has 2 aromatic rings. The van der Waals surface area contributed by atoms with Gasteiger partial charge in [-0.15, -0.1) is 0 Å². The molecule has 0 radical (unpaired) electrons. The van der Waals surface area contributed by atoms with Gasteiger partial charge in [0.25, 0.3) is 0 Å². The molecular formula is C29H31NO4. The van der Waals surface area contributed by atoms with Gasteiger partial charge in [-0.2, -0.15) is 0 Å². The number of ketones is 2. The lowest BCUT2D eigenvalue weighted by atomic mass is 9.71. The summed E-state index contributed by atoms with van der Waals surface area (Å²) in [7, 11) is 0. The molecule has 2 aliphatic carbocycles. The molecule has 5 rings (SSSR count). The van der Waals surface area contributed by atoms with E-state index in [-0.39, 0.29) is 17.5 Å². The summed E-state index contributed by atoms with van der Waals surface area (Å²) in [6, 6.07) is 14.1. The molecule has 0 spiro atoms. The van der Waals surface area contributed by atoms with E-state index in [2.05, 4.69) is 36.5 Å². The van der Waals surface area contributed by atoms with Crippen LogP contribution in [0.15, 0.2) is 65.0 Å². The number of carbonyl (C=O) groups excluding carboxylic acids is 2. The SMILES string of the molecule is CCOc1cc(C2C3=C(CCCC3=O)NC3=C2C(=O)CCC3)ccc1OCc1ccc(C)cc1. The molecule has 0 bridgehead atoms. The van der Waals surface area contributed by atoms with Crippen LogP contribution in [0.25, 0.3) is 0 Å². The van der Waals surface area contributed by atoms with Crippen molar-refractivity contribution in [3.63, 3.8) is 0 Å². The monoisotopic (exact) mass is 457 g/mol. The number of nitrogens with one attached hydrogen (secondary N) is 1. The molecule has 176 valence electrons. The molecule has 5 heteroatoms. The standard InChI is InChI=1S/C29H31NO4/c1-3-33-26-16-20(14-15-25(26)34-17-19-12-10-18(2)11-13-19)27-28-21(6-4-8-23(28)31)30-22-7-5-9-24(32)29(22)27/h10-16,27,30H,3-9,17H2,1-2H3. The van der Waals surface area contributed by atoms with Gasteiger partial charge in [0.05, 0.1) is 6.61 Å². The number of carbonyl (C=O) groups is 2. The zero-order valence-corrected chi connectivity index (χ0v) is 19.9. The Hall–Kier alpha value is -3.34. The van der Waals surface area contributed by atoms with Crippen molar-refractivity contribution in [2.75, 3.05) is 6.61 Å². The Morgan fingerprint density at radius 1 is 0.824 bits per heavy atom. The fraction of sp³-hybridized carbons (Fsp3) is 0.379. The highest BCUT2D eigenvalue weighted by molar-refractivity contribution is 6.06. The summed E-state index contributed by atoms with van der Waals surface area (Å²) in [4.78, 5) is 26.1. The van der Waals surface area contributed by atoms with E-state index in [0.717, 1.165) is 59.4 Å². The molecule has 0 unspecified atom stereocenters. The Labute approximate surface area is 200 Å². The Bertz CT molecular complexity index is 1150. The largest absolute Gasteiger partial charge is 0.490 e. The summed E-state index contributed by atoms with van der Waals surface area (Å²) >= 11 is 0. The first-order chi connectivity index (χ1) is 16.5. The van der Waals surface area contributed by atoms with Crippen LogP contribution in [0.1, 0.15) is 68.1 Å². The number of ether oxygens (including phenoxy) is 2. The second kappa shape index (κ2) is 9.49. The van der Waals surface area contributed by atoms with Crippen molar-refractivity contribution in [1.29, 1.82) is 0 Å². The van der Waals surface area contributed by atoms with Crippen molar-refractivity contribution in [2.24, 2.45) is 0 Å². The summed E-state index contributed by atoms with van der Waals surface area (Å²) in [5.41, 5.74) is 6.72. The average Bonchev–Trinajstić information content (AvgIpc) is 2.83. The molecule has 34 heavy (non-hydrogen) atoms. The van der Waals surface area contributed by atoms with Crippen LogP contribution in [0.2, 0.25) is 0 Å². The first-order valence-electron chi connectivity index (χ1n) is 12.3. The van der Waals surface area contributed by atoms with Gasteiger partial charge in [-0.3, -0.25) is 9.59 Å². The topological polar surface area (TPSA) is 64.6 Å². The molecule has 0 saturated heterocycles. The van der Waals surface area contributed by atoms with E-state index in [1.165, 1.54) is 5.56 Å². The van der Waals surface area contributed by atoms with Gasteiger partial charge in [0, 0.05) is 41.3 Å². The third-order valence-corrected chi connectivity index (χ3v) is 6.91. The van der Waals surface area contributed by atoms with Crippen LogP contribution < -0.4 is 14.8 Å². The Kier molecular flexibility index (Phi) is 6.27. The average molecular weight is 458 g/mol. The molecule has 3 aliphatic rings. The molecule has 1 heterocycles. The first kappa shape index (κ1) is 22.5. The van der Waals surface area contributed by atoms with Crippen molar-refractivity contribution >= 4 is 11.6 Å². The van der Waals surface area contributed by atoms with Crippen molar-refractivity contribution in [3.8, 4) is 11.5 Å². The maximum absolute atomic E-state index is 13.1. The summed E-state index contributed by atoms with van der Waals surface area (Å²) in [6.07, 6.45) is 4.46. The highest BCUT2D eigenvalue weighted by Gasteiger charge is 2.40. The van der Waals surface area contributed by atoms with Crippen molar-refractivity contribution in [1.82, 2.24) is 5.32 Å². The van der Waals surface area contributed by atoms with E-state index in [1.54, 1.807) is 0 Å². The Morgan fingerprint density at radius 3 is 2.09 bits per heavy atom. The zero-order chi connectivity index (χ0) is 23.7. The van der Waals surface area contributed by atoms with Crippen LogP contribution in [0, 0.1) is 6.92 Å². The van der Waals surface area contributed by atoms with E-state index in [1.807, 2.05) is 25.1 Å². The minimum Gasteiger partial charge on any atom is -0.490 e. The summed E-state index contributed by atoms with van der Waals surface area (Å²) in [5, 5.41) is 3.47. The highest BCUT2D eigenvalue weighted by atomic mass is 16.5. The number of hydrogen-bond donors (Lipinski definition) is 1. The van der Waals surface area contributed by atoms with Gasteiger partial charge >= 0.3 is 0 Å². The predicted molar refractivity (Wildman–Crippen MR) is 131 cm³/mol. The molecular weight excluding hydrogens is 426 g/mol. The summed E-state index contributed by atoms with van der Waals surface area (Å²) < 4.78 is 12.1. The van der Waals surface area contributed by atoms with Crippen LogP contribution >= 0.6 is 0 Å². The first-order valence-corrected chi connectivity index (χ1v) is 12.3. The number of aryl methyl sites for hydroxylation is 1. The molecule has 0 fully saturated rings. The summed E-state index contributed by atoms with van der Waals surface area (Å²) in [6.45, 7) is 4.94. The maximum atomic E-state index is 13.1. The second-order valence-electron chi connectivity index (χ2n) is 9.31. The van der Waals surface area contributed by atoms with Gasteiger partial charge in [0.2, 0.25) is 0 Å². The van der Waals surface area contributed by atoms with E-state index < -0.39 is 0 Å². The van der Waals surface area contributed by atoms with Crippen LogP contribution in [0.4, 0.5) is 0 Å².